The molecule has 0 bridgehead atoms. The summed E-state index contributed by atoms with van der Waals surface area (Å²) in [6, 6.07) is 11.1. The first-order chi connectivity index (χ1) is 11.3. The predicted molar refractivity (Wildman–Crippen MR) is 95.7 cm³/mol. The van der Waals surface area contributed by atoms with Crippen molar-refractivity contribution in [2.24, 2.45) is 5.10 Å². The molecule has 2 saturated heterocycles. The summed E-state index contributed by atoms with van der Waals surface area (Å²) >= 11 is 0. The number of hydrogen-bond acceptors (Lipinski definition) is 3. The van der Waals surface area contributed by atoms with Crippen LogP contribution in [0.25, 0.3) is 0 Å². The normalized spacial score (nSPS) is 26.5. The summed E-state index contributed by atoms with van der Waals surface area (Å²) in [5.41, 5.74) is 1.30. The van der Waals surface area contributed by atoms with Crippen molar-refractivity contribution in [3.05, 3.63) is 35.9 Å². The Morgan fingerprint density at radius 3 is 2.61 bits per heavy atom. The minimum absolute atomic E-state index is 0.0609. The number of hydrazone groups is 1. The number of rotatable bonds is 10. The third-order valence-corrected chi connectivity index (χ3v) is 5.08. The minimum atomic E-state index is -0.0609. The van der Waals surface area contributed by atoms with Gasteiger partial charge in [-0.3, -0.25) is 5.01 Å². The molecule has 1 aromatic rings. The van der Waals surface area contributed by atoms with Crippen molar-refractivity contribution in [3.63, 3.8) is 0 Å². The van der Waals surface area contributed by atoms with Gasteiger partial charge >= 0.3 is 0 Å². The molecule has 0 saturated carbocycles. The van der Waals surface area contributed by atoms with Gasteiger partial charge in [0, 0.05) is 6.42 Å². The predicted octanol–water partition coefficient (Wildman–Crippen LogP) is 4.94. The molecule has 3 nitrogen and oxygen atoms in total. The Labute approximate surface area is 140 Å². The maximum atomic E-state index is 5.89. The zero-order chi connectivity index (χ0) is 16.0. The zero-order valence-corrected chi connectivity index (χ0v) is 14.4. The summed E-state index contributed by atoms with van der Waals surface area (Å²) in [6.07, 6.45) is 12.4. The van der Waals surface area contributed by atoms with Crippen molar-refractivity contribution < 1.29 is 4.74 Å². The Kier molecular flexibility index (Phi) is 5.71. The summed E-state index contributed by atoms with van der Waals surface area (Å²) < 4.78 is 5.89. The molecule has 2 aliphatic heterocycles. The van der Waals surface area contributed by atoms with Crippen LogP contribution in [0.4, 0.5) is 0 Å². The fourth-order valence-electron chi connectivity index (χ4n) is 3.32. The van der Waals surface area contributed by atoms with E-state index >= 15 is 0 Å². The van der Waals surface area contributed by atoms with E-state index in [-0.39, 0.29) is 5.60 Å². The van der Waals surface area contributed by atoms with Gasteiger partial charge in [0.1, 0.15) is 5.60 Å². The van der Waals surface area contributed by atoms with Crippen LogP contribution in [0.5, 0.6) is 0 Å². The topological polar surface area (TPSA) is 24.6 Å². The molecule has 23 heavy (non-hydrogen) atoms. The summed E-state index contributed by atoms with van der Waals surface area (Å²) in [5, 5.41) is 6.87. The van der Waals surface area contributed by atoms with E-state index in [0.717, 1.165) is 26.0 Å². The second-order valence-corrected chi connectivity index (χ2v) is 6.97. The van der Waals surface area contributed by atoms with Crippen LogP contribution in [0.1, 0.15) is 69.9 Å². The Balaban J connectivity index is 1.41. The molecule has 0 aromatic heterocycles. The van der Waals surface area contributed by atoms with E-state index in [1.54, 1.807) is 0 Å². The first-order valence-corrected chi connectivity index (χ1v) is 9.34. The van der Waals surface area contributed by atoms with Crippen molar-refractivity contribution in [2.45, 2.75) is 69.9 Å². The van der Waals surface area contributed by atoms with Gasteiger partial charge in [-0.1, -0.05) is 75.8 Å². The smallest absolute Gasteiger partial charge is 0.107 e. The van der Waals surface area contributed by atoms with Crippen LogP contribution in [-0.4, -0.2) is 30.0 Å². The Bertz CT molecular complexity index is 496. The monoisotopic (exact) mass is 314 g/mol. The first-order valence-electron chi connectivity index (χ1n) is 9.34. The Morgan fingerprint density at radius 1 is 1.17 bits per heavy atom. The van der Waals surface area contributed by atoms with Gasteiger partial charge in [-0.15, -0.1) is 0 Å². The van der Waals surface area contributed by atoms with Crippen LogP contribution in [0.2, 0.25) is 0 Å². The lowest BCUT2D eigenvalue weighted by atomic mass is 9.89. The lowest BCUT2D eigenvalue weighted by Gasteiger charge is -2.38. The SMILES string of the molecule is CCCCCCCCC1(/C=N/N2CC2c2ccccc2)CCO1. The van der Waals surface area contributed by atoms with Crippen LogP contribution in [-0.2, 0) is 4.74 Å². The Hall–Kier alpha value is -1.35. The van der Waals surface area contributed by atoms with Crippen molar-refractivity contribution in [2.75, 3.05) is 13.2 Å². The first kappa shape index (κ1) is 16.5. The van der Waals surface area contributed by atoms with Gasteiger partial charge in [-0.25, -0.2) is 0 Å². The molecular weight excluding hydrogens is 284 g/mol. The average molecular weight is 314 g/mol. The molecule has 0 N–H and O–H groups in total. The van der Waals surface area contributed by atoms with Crippen LogP contribution < -0.4 is 0 Å². The van der Waals surface area contributed by atoms with Crippen LogP contribution >= 0.6 is 0 Å². The van der Waals surface area contributed by atoms with E-state index in [4.69, 9.17) is 9.84 Å². The number of nitrogens with zero attached hydrogens (tertiary/aromatic N) is 2. The molecular formula is C20H30N2O. The van der Waals surface area contributed by atoms with Gasteiger partial charge in [-0.05, 0) is 12.0 Å². The third kappa shape index (κ3) is 4.57. The summed E-state index contributed by atoms with van der Waals surface area (Å²) in [6.45, 7) is 4.20. The van der Waals surface area contributed by atoms with Crippen molar-refractivity contribution in [1.82, 2.24) is 5.01 Å². The molecule has 0 aliphatic carbocycles. The van der Waals surface area contributed by atoms with E-state index in [2.05, 4.69) is 48.5 Å². The van der Waals surface area contributed by atoms with Gasteiger partial charge in [0.25, 0.3) is 0 Å². The molecule has 3 heteroatoms. The average Bonchev–Trinajstić information content (AvgIpc) is 3.32. The van der Waals surface area contributed by atoms with Crippen LogP contribution in [0.15, 0.2) is 35.4 Å². The lowest BCUT2D eigenvalue weighted by Crippen LogP contribution is -2.45. The van der Waals surface area contributed by atoms with Gasteiger partial charge < -0.3 is 4.74 Å². The molecule has 2 unspecified atom stereocenters. The molecule has 2 atom stereocenters. The van der Waals surface area contributed by atoms with Gasteiger partial charge in [0.05, 0.1) is 25.4 Å². The summed E-state index contributed by atoms with van der Waals surface area (Å²) in [7, 11) is 0. The molecule has 3 rings (SSSR count). The van der Waals surface area contributed by atoms with Crippen LogP contribution in [0, 0.1) is 0 Å². The van der Waals surface area contributed by atoms with Crippen molar-refractivity contribution in [3.8, 4) is 0 Å². The molecule has 0 amide bonds. The number of benzene rings is 1. The zero-order valence-electron chi connectivity index (χ0n) is 14.4. The maximum Gasteiger partial charge on any atom is 0.107 e. The fourth-order valence-corrected chi connectivity index (χ4v) is 3.32. The lowest BCUT2D eigenvalue weighted by molar-refractivity contribution is -0.0990. The van der Waals surface area contributed by atoms with E-state index in [9.17, 15) is 0 Å². The van der Waals surface area contributed by atoms with Crippen molar-refractivity contribution >= 4 is 6.21 Å². The number of ether oxygens (including phenoxy) is 1. The number of hydrogen-bond donors (Lipinski definition) is 0. The molecule has 1 aromatic carbocycles. The van der Waals surface area contributed by atoms with Gasteiger partial charge in [0.2, 0.25) is 0 Å². The molecule has 2 fully saturated rings. The fraction of sp³-hybridized carbons (Fsp3) is 0.650. The Morgan fingerprint density at radius 2 is 1.91 bits per heavy atom. The van der Waals surface area contributed by atoms with Gasteiger partial charge in [0.15, 0.2) is 0 Å². The molecule has 2 heterocycles. The second kappa shape index (κ2) is 7.96. The minimum Gasteiger partial charge on any atom is -0.369 e. The largest absolute Gasteiger partial charge is 0.369 e. The second-order valence-electron chi connectivity index (χ2n) is 6.97. The quantitative estimate of drug-likeness (QED) is 0.347. The van der Waals surface area contributed by atoms with E-state index in [1.807, 2.05) is 0 Å². The highest BCUT2D eigenvalue weighted by atomic mass is 16.5. The molecule has 2 aliphatic rings. The van der Waals surface area contributed by atoms with E-state index < -0.39 is 0 Å². The molecule has 0 radical (unpaired) electrons. The standard InChI is InChI=1S/C20H30N2O/c1-2-3-4-5-6-10-13-20(14-15-23-20)17-21-22-16-19(22)18-11-8-7-9-12-18/h7-9,11-12,17,19H,2-6,10,13-16H2,1H3/b21-17+. The molecule has 0 spiro atoms. The van der Waals surface area contributed by atoms with Gasteiger partial charge in [-0.2, -0.15) is 5.10 Å². The maximum absolute atomic E-state index is 5.89. The number of unbranched alkanes of at least 4 members (excludes halogenated alkanes) is 5. The highest BCUT2D eigenvalue weighted by Gasteiger charge is 2.39. The summed E-state index contributed by atoms with van der Waals surface area (Å²) in [5.74, 6) is 0. The highest BCUT2D eigenvalue weighted by molar-refractivity contribution is 5.69. The van der Waals surface area contributed by atoms with E-state index in [0.29, 0.717) is 6.04 Å². The highest BCUT2D eigenvalue weighted by Crippen LogP contribution is 2.36. The summed E-state index contributed by atoms with van der Waals surface area (Å²) in [4.78, 5) is 0. The van der Waals surface area contributed by atoms with Crippen molar-refractivity contribution in [1.29, 1.82) is 0 Å². The third-order valence-electron chi connectivity index (χ3n) is 5.08. The van der Waals surface area contributed by atoms with E-state index in [1.165, 1.54) is 44.1 Å². The van der Waals surface area contributed by atoms with Crippen LogP contribution in [0.3, 0.4) is 0 Å². The molecule has 126 valence electrons.